The van der Waals surface area contributed by atoms with Crippen LogP contribution in [0.15, 0.2) is 21.5 Å². The van der Waals surface area contributed by atoms with Crippen LogP contribution in [0.4, 0.5) is 10.1 Å². The van der Waals surface area contributed by atoms with Gasteiger partial charge in [0.05, 0.1) is 16.8 Å². The zero-order chi connectivity index (χ0) is 16.2. The molecule has 0 radical (unpaired) electrons. The number of hydrogen-bond donors (Lipinski definition) is 1. The van der Waals surface area contributed by atoms with Gasteiger partial charge in [-0.2, -0.15) is 4.31 Å². The highest BCUT2D eigenvalue weighted by Gasteiger charge is 2.30. The smallest absolute Gasteiger partial charge is 0.245 e. The fourth-order valence-corrected chi connectivity index (χ4v) is 4.16. The van der Waals surface area contributed by atoms with E-state index in [9.17, 15) is 12.8 Å². The first-order valence-electron chi connectivity index (χ1n) is 6.51. The van der Waals surface area contributed by atoms with E-state index in [1.807, 2.05) is 13.8 Å². The van der Waals surface area contributed by atoms with Crippen molar-refractivity contribution in [1.82, 2.24) is 4.31 Å². The second kappa shape index (κ2) is 7.53. The standard InChI is InChI=1S/C13H20BrFN2O3S/c1-4-9(2)17(5-6-20-3)21(18,19)13-7-10(14)11(15)8-12(13)16/h7-9H,4-6,16H2,1-3H3. The normalized spacial score (nSPS) is 13.6. The molecule has 0 spiro atoms. The van der Waals surface area contributed by atoms with Crippen LogP contribution in [0.3, 0.4) is 0 Å². The van der Waals surface area contributed by atoms with Crippen molar-refractivity contribution in [3.8, 4) is 0 Å². The van der Waals surface area contributed by atoms with Gasteiger partial charge in [-0.25, -0.2) is 12.8 Å². The summed E-state index contributed by atoms with van der Waals surface area (Å²) in [5, 5.41) is 0. The largest absolute Gasteiger partial charge is 0.398 e. The lowest BCUT2D eigenvalue weighted by Crippen LogP contribution is -2.40. The summed E-state index contributed by atoms with van der Waals surface area (Å²) in [6.07, 6.45) is 0.644. The highest BCUT2D eigenvalue weighted by Crippen LogP contribution is 2.29. The van der Waals surface area contributed by atoms with Gasteiger partial charge >= 0.3 is 0 Å². The maximum Gasteiger partial charge on any atom is 0.245 e. The molecule has 0 aliphatic carbocycles. The SMILES string of the molecule is CCC(C)N(CCOC)S(=O)(=O)c1cc(Br)c(F)cc1N. The highest BCUT2D eigenvalue weighted by atomic mass is 79.9. The molecule has 0 bridgehead atoms. The Balaban J connectivity index is 3.31. The number of rotatable bonds is 7. The second-order valence-corrected chi connectivity index (χ2v) is 7.38. The molecule has 0 aliphatic heterocycles. The summed E-state index contributed by atoms with van der Waals surface area (Å²) in [6, 6.07) is 1.98. The Labute approximate surface area is 133 Å². The lowest BCUT2D eigenvalue weighted by molar-refractivity contribution is 0.167. The predicted octanol–water partition coefficient (Wildman–Crippen LogP) is 2.61. The monoisotopic (exact) mass is 382 g/mol. The first-order valence-corrected chi connectivity index (χ1v) is 8.74. The van der Waals surface area contributed by atoms with Gasteiger partial charge in [-0.1, -0.05) is 6.92 Å². The second-order valence-electron chi connectivity index (χ2n) is 4.67. The van der Waals surface area contributed by atoms with Crippen LogP contribution in [-0.2, 0) is 14.8 Å². The lowest BCUT2D eigenvalue weighted by atomic mass is 10.3. The fourth-order valence-electron chi connectivity index (χ4n) is 1.86. The minimum atomic E-state index is -3.82. The predicted molar refractivity (Wildman–Crippen MR) is 84.0 cm³/mol. The molecule has 0 fully saturated rings. The van der Waals surface area contributed by atoms with Crippen molar-refractivity contribution in [2.75, 3.05) is 26.0 Å². The zero-order valence-corrected chi connectivity index (χ0v) is 14.7. The molecule has 1 unspecified atom stereocenters. The molecule has 1 rings (SSSR count). The summed E-state index contributed by atoms with van der Waals surface area (Å²) in [7, 11) is -2.32. The Kier molecular flexibility index (Phi) is 6.58. The molecular formula is C13H20BrFN2O3S. The maximum atomic E-state index is 13.4. The van der Waals surface area contributed by atoms with Crippen LogP contribution in [0.1, 0.15) is 20.3 Å². The molecular weight excluding hydrogens is 363 g/mol. The van der Waals surface area contributed by atoms with Gasteiger partial charge in [-0.3, -0.25) is 0 Å². The van der Waals surface area contributed by atoms with Crippen molar-refractivity contribution in [2.24, 2.45) is 0 Å². The lowest BCUT2D eigenvalue weighted by Gasteiger charge is -2.28. The molecule has 0 aliphatic rings. The van der Waals surface area contributed by atoms with E-state index in [1.165, 1.54) is 17.5 Å². The van der Waals surface area contributed by atoms with Gasteiger partial charge in [0.15, 0.2) is 0 Å². The van der Waals surface area contributed by atoms with Gasteiger partial charge in [-0.05, 0) is 41.4 Å². The van der Waals surface area contributed by atoms with Gasteiger partial charge in [0.2, 0.25) is 10.0 Å². The van der Waals surface area contributed by atoms with E-state index >= 15 is 0 Å². The van der Waals surface area contributed by atoms with Crippen LogP contribution in [0, 0.1) is 5.82 Å². The van der Waals surface area contributed by atoms with Gasteiger partial charge in [0.1, 0.15) is 10.7 Å². The number of ether oxygens (including phenoxy) is 1. The molecule has 0 amide bonds. The van der Waals surface area contributed by atoms with E-state index in [4.69, 9.17) is 10.5 Å². The first-order chi connectivity index (χ1) is 9.75. The molecule has 1 aromatic carbocycles. The third kappa shape index (κ3) is 4.15. The summed E-state index contributed by atoms with van der Waals surface area (Å²) in [4.78, 5) is -0.104. The van der Waals surface area contributed by atoms with Gasteiger partial charge in [0.25, 0.3) is 0 Å². The number of halogens is 2. The number of methoxy groups -OCH3 is 1. The summed E-state index contributed by atoms with van der Waals surface area (Å²) < 4.78 is 45.3. The maximum absolute atomic E-state index is 13.4. The molecule has 0 heterocycles. The molecule has 1 aromatic rings. The summed E-state index contributed by atoms with van der Waals surface area (Å²) in [5.41, 5.74) is 5.58. The molecule has 0 aromatic heterocycles. The van der Waals surface area contributed by atoms with E-state index in [0.29, 0.717) is 6.42 Å². The van der Waals surface area contributed by atoms with Crippen molar-refractivity contribution in [1.29, 1.82) is 0 Å². The first kappa shape index (κ1) is 18.3. The number of nitrogens with two attached hydrogens (primary N) is 1. The van der Waals surface area contributed by atoms with Crippen LogP contribution in [0.5, 0.6) is 0 Å². The third-order valence-corrected chi connectivity index (χ3v) is 5.91. The Morgan fingerprint density at radius 3 is 2.62 bits per heavy atom. The Morgan fingerprint density at radius 1 is 1.48 bits per heavy atom. The van der Waals surface area contributed by atoms with Crippen LogP contribution in [0.2, 0.25) is 0 Å². The van der Waals surface area contributed by atoms with Crippen molar-refractivity contribution in [3.63, 3.8) is 0 Å². The van der Waals surface area contributed by atoms with Crippen molar-refractivity contribution < 1.29 is 17.5 Å². The molecule has 0 saturated heterocycles. The number of hydrogen-bond acceptors (Lipinski definition) is 4. The van der Waals surface area contributed by atoms with E-state index < -0.39 is 15.8 Å². The molecule has 0 saturated carbocycles. The van der Waals surface area contributed by atoms with Crippen LogP contribution >= 0.6 is 15.9 Å². The van der Waals surface area contributed by atoms with Crippen molar-refractivity contribution in [2.45, 2.75) is 31.2 Å². The summed E-state index contributed by atoms with van der Waals surface area (Å²) in [5.74, 6) is -0.599. The molecule has 2 N–H and O–H groups in total. The quantitative estimate of drug-likeness (QED) is 0.735. The molecule has 120 valence electrons. The molecule has 8 heteroatoms. The average Bonchev–Trinajstić information content (AvgIpc) is 2.42. The van der Waals surface area contributed by atoms with Crippen LogP contribution in [-0.4, -0.2) is 39.0 Å². The van der Waals surface area contributed by atoms with E-state index in [1.54, 1.807) is 0 Å². The summed E-state index contributed by atoms with van der Waals surface area (Å²) >= 11 is 2.99. The van der Waals surface area contributed by atoms with Gasteiger partial charge in [-0.15, -0.1) is 0 Å². The minimum absolute atomic E-state index is 0.0612. The van der Waals surface area contributed by atoms with E-state index in [2.05, 4.69) is 15.9 Å². The minimum Gasteiger partial charge on any atom is -0.398 e. The molecule has 1 atom stereocenters. The number of nitrogen functional groups attached to an aromatic ring is 1. The van der Waals surface area contributed by atoms with Crippen molar-refractivity contribution in [3.05, 3.63) is 22.4 Å². The zero-order valence-electron chi connectivity index (χ0n) is 12.3. The topological polar surface area (TPSA) is 72.6 Å². The fraction of sp³-hybridized carbons (Fsp3) is 0.538. The Bertz CT molecular complexity index is 595. The Hall–Kier alpha value is -0.700. The number of nitrogens with zero attached hydrogens (tertiary/aromatic N) is 1. The highest BCUT2D eigenvalue weighted by molar-refractivity contribution is 9.10. The van der Waals surface area contributed by atoms with Crippen molar-refractivity contribution >= 4 is 31.6 Å². The van der Waals surface area contributed by atoms with E-state index in [0.717, 1.165) is 6.07 Å². The van der Waals surface area contributed by atoms with E-state index in [-0.39, 0.29) is 34.2 Å². The van der Waals surface area contributed by atoms with Gasteiger partial charge < -0.3 is 10.5 Å². The number of benzene rings is 1. The van der Waals surface area contributed by atoms with Crippen LogP contribution < -0.4 is 5.73 Å². The summed E-state index contributed by atoms with van der Waals surface area (Å²) in [6.45, 7) is 4.18. The van der Waals surface area contributed by atoms with Crippen LogP contribution in [0.25, 0.3) is 0 Å². The number of anilines is 1. The average molecular weight is 383 g/mol. The number of sulfonamides is 1. The van der Waals surface area contributed by atoms with Gasteiger partial charge in [0, 0.05) is 19.7 Å². The third-order valence-electron chi connectivity index (χ3n) is 3.24. The molecule has 5 nitrogen and oxygen atoms in total. The Morgan fingerprint density at radius 2 is 2.10 bits per heavy atom. The molecule has 21 heavy (non-hydrogen) atoms.